The number of hydrogen-bond donors (Lipinski definition) is 1. The second kappa shape index (κ2) is 5.88. The van der Waals surface area contributed by atoms with Crippen LogP contribution in [0.2, 0.25) is 0 Å². The molecule has 0 aliphatic heterocycles. The first-order valence-corrected chi connectivity index (χ1v) is 5.50. The van der Waals surface area contributed by atoms with E-state index in [4.69, 9.17) is 0 Å². The van der Waals surface area contributed by atoms with Gasteiger partial charge in [-0.25, -0.2) is 4.98 Å². The van der Waals surface area contributed by atoms with Gasteiger partial charge in [0.2, 0.25) is 0 Å². The number of imidazole rings is 1. The molecule has 0 saturated carbocycles. The number of rotatable bonds is 6. The molecule has 0 radical (unpaired) electrons. The maximum atomic E-state index is 4.27. The number of aryl methyl sites for hydroxylation is 1. The minimum Gasteiger partial charge on any atom is -0.340 e. The molecule has 0 aliphatic carbocycles. The van der Waals surface area contributed by atoms with Gasteiger partial charge in [0.25, 0.3) is 0 Å². The van der Waals surface area contributed by atoms with Crippen LogP contribution in [-0.2, 0) is 13.6 Å². The summed E-state index contributed by atoms with van der Waals surface area (Å²) in [6.45, 7) is 7.39. The lowest BCUT2D eigenvalue weighted by molar-refractivity contribution is 0.309. The molecular formula is C11H22N4. The molecule has 1 N–H and O–H groups in total. The quantitative estimate of drug-likeness (QED) is 0.755. The highest BCUT2D eigenvalue weighted by Crippen LogP contribution is 1.95. The van der Waals surface area contributed by atoms with Crippen LogP contribution in [0.4, 0.5) is 0 Å². The van der Waals surface area contributed by atoms with Crippen LogP contribution < -0.4 is 5.32 Å². The van der Waals surface area contributed by atoms with E-state index in [0.29, 0.717) is 6.04 Å². The predicted octanol–water partition coefficient (Wildman–Crippen LogP) is 0.850. The molecule has 4 nitrogen and oxygen atoms in total. The standard InChI is InChI=1S/C11H22N4/c1-5-14(3)7-10(2)12-6-11-8-15(4)9-13-11/h8-10,12H,5-7H2,1-4H3. The van der Waals surface area contributed by atoms with Crippen molar-refractivity contribution in [3.05, 3.63) is 18.2 Å². The van der Waals surface area contributed by atoms with Gasteiger partial charge >= 0.3 is 0 Å². The third-order valence-electron chi connectivity index (χ3n) is 2.52. The Morgan fingerprint density at radius 1 is 1.60 bits per heavy atom. The van der Waals surface area contributed by atoms with E-state index in [0.717, 1.165) is 25.3 Å². The molecule has 0 fully saturated rings. The van der Waals surface area contributed by atoms with Gasteiger partial charge in [-0.15, -0.1) is 0 Å². The molecule has 1 aromatic heterocycles. The third kappa shape index (κ3) is 4.44. The topological polar surface area (TPSA) is 33.1 Å². The van der Waals surface area contributed by atoms with Gasteiger partial charge in [0.15, 0.2) is 0 Å². The van der Waals surface area contributed by atoms with E-state index < -0.39 is 0 Å². The van der Waals surface area contributed by atoms with E-state index in [2.05, 4.69) is 36.1 Å². The normalized spacial score (nSPS) is 13.4. The van der Waals surface area contributed by atoms with Crippen LogP contribution in [0.25, 0.3) is 0 Å². The Morgan fingerprint density at radius 2 is 2.33 bits per heavy atom. The maximum Gasteiger partial charge on any atom is 0.0947 e. The number of nitrogens with zero attached hydrogens (tertiary/aromatic N) is 3. The fraction of sp³-hybridized carbons (Fsp3) is 0.727. The number of hydrogen-bond acceptors (Lipinski definition) is 3. The summed E-state index contributed by atoms with van der Waals surface area (Å²) >= 11 is 0. The van der Waals surface area contributed by atoms with E-state index in [9.17, 15) is 0 Å². The second-order valence-electron chi connectivity index (χ2n) is 4.17. The van der Waals surface area contributed by atoms with E-state index >= 15 is 0 Å². The van der Waals surface area contributed by atoms with Crippen molar-refractivity contribution < 1.29 is 0 Å². The average molecular weight is 210 g/mol. The zero-order chi connectivity index (χ0) is 11.3. The van der Waals surface area contributed by atoms with Crippen molar-refractivity contribution in [1.82, 2.24) is 19.8 Å². The molecule has 1 heterocycles. The molecule has 1 aromatic rings. The largest absolute Gasteiger partial charge is 0.340 e. The van der Waals surface area contributed by atoms with Crippen LogP contribution in [0.15, 0.2) is 12.5 Å². The molecule has 4 heteroatoms. The van der Waals surface area contributed by atoms with Gasteiger partial charge in [0.05, 0.1) is 12.0 Å². The highest BCUT2D eigenvalue weighted by Gasteiger charge is 2.05. The number of nitrogens with one attached hydrogen (secondary N) is 1. The molecule has 0 aliphatic rings. The molecule has 0 bridgehead atoms. The Labute approximate surface area is 92.3 Å². The monoisotopic (exact) mass is 210 g/mol. The summed E-state index contributed by atoms with van der Waals surface area (Å²) in [5, 5.41) is 3.46. The fourth-order valence-corrected chi connectivity index (χ4v) is 1.50. The van der Waals surface area contributed by atoms with Crippen molar-refractivity contribution in [2.75, 3.05) is 20.1 Å². The molecule has 15 heavy (non-hydrogen) atoms. The highest BCUT2D eigenvalue weighted by molar-refractivity contribution is 4.95. The molecule has 0 saturated heterocycles. The smallest absolute Gasteiger partial charge is 0.0947 e. The van der Waals surface area contributed by atoms with Crippen molar-refractivity contribution >= 4 is 0 Å². The molecule has 0 aromatic carbocycles. The van der Waals surface area contributed by atoms with Crippen LogP contribution >= 0.6 is 0 Å². The van der Waals surface area contributed by atoms with Crippen molar-refractivity contribution in [3.8, 4) is 0 Å². The first-order chi connectivity index (χ1) is 7.11. The van der Waals surface area contributed by atoms with Crippen LogP contribution in [0.5, 0.6) is 0 Å². The number of aromatic nitrogens is 2. The Kier molecular flexibility index (Phi) is 4.78. The Morgan fingerprint density at radius 3 is 2.87 bits per heavy atom. The molecule has 0 amide bonds. The van der Waals surface area contributed by atoms with Crippen LogP contribution in [0.1, 0.15) is 19.5 Å². The predicted molar refractivity (Wildman–Crippen MR) is 62.7 cm³/mol. The highest BCUT2D eigenvalue weighted by atomic mass is 15.1. The molecular weight excluding hydrogens is 188 g/mol. The van der Waals surface area contributed by atoms with Gasteiger partial charge in [-0.2, -0.15) is 0 Å². The van der Waals surface area contributed by atoms with Crippen molar-refractivity contribution in [3.63, 3.8) is 0 Å². The minimum atomic E-state index is 0.497. The molecule has 1 rings (SSSR count). The summed E-state index contributed by atoms with van der Waals surface area (Å²) in [5.41, 5.74) is 1.10. The summed E-state index contributed by atoms with van der Waals surface area (Å²) in [4.78, 5) is 6.58. The molecule has 86 valence electrons. The number of likely N-dealkylation sites (N-methyl/N-ethyl adjacent to an activating group) is 1. The Hall–Kier alpha value is -0.870. The third-order valence-corrected chi connectivity index (χ3v) is 2.52. The van der Waals surface area contributed by atoms with Gasteiger partial charge in [0, 0.05) is 32.4 Å². The van der Waals surface area contributed by atoms with E-state index in [1.165, 1.54) is 0 Å². The van der Waals surface area contributed by atoms with Gasteiger partial charge in [-0.1, -0.05) is 6.92 Å². The summed E-state index contributed by atoms with van der Waals surface area (Å²) in [6, 6.07) is 0.497. The van der Waals surface area contributed by atoms with Crippen molar-refractivity contribution in [1.29, 1.82) is 0 Å². The fourth-order valence-electron chi connectivity index (χ4n) is 1.50. The molecule has 1 atom stereocenters. The summed E-state index contributed by atoms with van der Waals surface area (Å²) in [7, 11) is 4.13. The van der Waals surface area contributed by atoms with Crippen molar-refractivity contribution in [2.24, 2.45) is 7.05 Å². The minimum absolute atomic E-state index is 0.497. The van der Waals surface area contributed by atoms with E-state index in [1.807, 2.05) is 24.1 Å². The zero-order valence-corrected chi connectivity index (χ0v) is 10.2. The SMILES string of the molecule is CCN(C)CC(C)NCc1cn(C)cn1. The van der Waals surface area contributed by atoms with Crippen molar-refractivity contribution in [2.45, 2.75) is 26.4 Å². The summed E-state index contributed by atoms with van der Waals surface area (Å²) in [5.74, 6) is 0. The van der Waals surface area contributed by atoms with E-state index in [-0.39, 0.29) is 0 Å². The summed E-state index contributed by atoms with van der Waals surface area (Å²) in [6.07, 6.45) is 3.88. The van der Waals surface area contributed by atoms with Crippen LogP contribution in [0.3, 0.4) is 0 Å². The zero-order valence-electron chi connectivity index (χ0n) is 10.2. The maximum absolute atomic E-state index is 4.27. The van der Waals surface area contributed by atoms with Gasteiger partial charge < -0.3 is 14.8 Å². The van der Waals surface area contributed by atoms with Gasteiger partial charge in [-0.3, -0.25) is 0 Å². The average Bonchev–Trinajstić information content (AvgIpc) is 2.61. The van der Waals surface area contributed by atoms with Gasteiger partial charge in [0.1, 0.15) is 0 Å². The lowest BCUT2D eigenvalue weighted by atomic mass is 10.3. The Balaban J connectivity index is 2.25. The first-order valence-electron chi connectivity index (χ1n) is 5.50. The lowest BCUT2D eigenvalue weighted by Gasteiger charge is -2.20. The molecule has 1 unspecified atom stereocenters. The molecule has 0 spiro atoms. The van der Waals surface area contributed by atoms with Crippen LogP contribution in [0, 0.1) is 0 Å². The van der Waals surface area contributed by atoms with Gasteiger partial charge in [-0.05, 0) is 20.5 Å². The first kappa shape index (κ1) is 12.2. The van der Waals surface area contributed by atoms with E-state index in [1.54, 1.807) is 0 Å². The lowest BCUT2D eigenvalue weighted by Crippen LogP contribution is -2.36. The second-order valence-corrected chi connectivity index (χ2v) is 4.17. The summed E-state index contributed by atoms with van der Waals surface area (Å²) < 4.78 is 1.97. The van der Waals surface area contributed by atoms with Crippen LogP contribution in [-0.4, -0.2) is 40.6 Å². The Bertz CT molecular complexity index is 282.